The van der Waals surface area contributed by atoms with E-state index in [0.717, 1.165) is 23.9 Å². The highest BCUT2D eigenvalue weighted by Crippen LogP contribution is 2.34. The lowest BCUT2D eigenvalue weighted by atomic mass is 10.2. The average molecular weight is 333 g/mol. The van der Waals surface area contributed by atoms with Gasteiger partial charge in [0, 0.05) is 16.0 Å². The first-order chi connectivity index (χ1) is 9.77. The van der Waals surface area contributed by atoms with Crippen molar-refractivity contribution in [3.8, 4) is 0 Å². The lowest BCUT2D eigenvalue weighted by molar-refractivity contribution is -0.137. The number of carbonyl (C=O) groups excluding carboxylic acids is 1. The Hall–Kier alpha value is -1.73. The minimum absolute atomic E-state index is 0.0179. The number of rotatable bonds is 3. The molecule has 0 radical (unpaired) electrons. The lowest BCUT2D eigenvalue weighted by Crippen LogP contribution is -2.14. The van der Waals surface area contributed by atoms with Gasteiger partial charge in [-0.15, -0.1) is 0 Å². The standard InChI is InChI=1S/C13H8ClF3N2OS/c14-8-5-10(11(12(18)20)19-6-8)21-9-3-1-7(2-4-9)13(15,16)17/h1-6H,(H2,18,20). The molecule has 0 saturated carbocycles. The number of pyridine rings is 1. The molecule has 8 heteroatoms. The summed E-state index contributed by atoms with van der Waals surface area (Å²) in [6, 6.07) is 6.02. The van der Waals surface area contributed by atoms with Crippen molar-refractivity contribution in [2.45, 2.75) is 16.0 Å². The van der Waals surface area contributed by atoms with E-state index in [1.165, 1.54) is 24.4 Å². The zero-order valence-electron chi connectivity index (χ0n) is 10.3. The summed E-state index contributed by atoms with van der Waals surface area (Å²) in [5.41, 5.74) is 4.47. The predicted molar refractivity (Wildman–Crippen MR) is 73.3 cm³/mol. The fraction of sp³-hybridized carbons (Fsp3) is 0.0769. The molecule has 2 aromatic rings. The maximum absolute atomic E-state index is 12.5. The van der Waals surface area contributed by atoms with Crippen molar-refractivity contribution in [1.29, 1.82) is 0 Å². The van der Waals surface area contributed by atoms with Crippen LogP contribution in [0.15, 0.2) is 46.3 Å². The summed E-state index contributed by atoms with van der Waals surface area (Å²) in [6.45, 7) is 0. The largest absolute Gasteiger partial charge is 0.416 e. The number of carbonyl (C=O) groups is 1. The van der Waals surface area contributed by atoms with Crippen LogP contribution in [0.4, 0.5) is 13.2 Å². The molecule has 0 atom stereocenters. The third kappa shape index (κ3) is 3.89. The first kappa shape index (κ1) is 15.7. The van der Waals surface area contributed by atoms with Gasteiger partial charge in [-0.1, -0.05) is 23.4 Å². The van der Waals surface area contributed by atoms with E-state index in [2.05, 4.69) is 4.98 Å². The molecule has 110 valence electrons. The van der Waals surface area contributed by atoms with E-state index in [1.807, 2.05) is 0 Å². The van der Waals surface area contributed by atoms with Crippen LogP contribution in [0.25, 0.3) is 0 Å². The van der Waals surface area contributed by atoms with Gasteiger partial charge in [-0.25, -0.2) is 4.98 Å². The highest BCUT2D eigenvalue weighted by atomic mass is 35.5. The van der Waals surface area contributed by atoms with Crippen LogP contribution < -0.4 is 5.73 Å². The minimum Gasteiger partial charge on any atom is -0.364 e. The summed E-state index contributed by atoms with van der Waals surface area (Å²) in [7, 11) is 0. The Morgan fingerprint density at radius 2 is 1.86 bits per heavy atom. The molecule has 21 heavy (non-hydrogen) atoms. The monoisotopic (exact) mass is 332 g/mol. The number of primary amides is 1. The van der Waals surface area contributed by atoms with Crippen LogP contribution in [0.3, 0.4) is 0 Å². The Morgan fingerprint density at radius 1 is 1.24 bits per heavy atom. The number of hydrogen-bond acceptors (Lipinski definition) is 3. The predicted octanol–water partition coefficient (Wildman–Crippen LogP) is 4.00. The van der Waals surface area contributed by atoms with Crippen molar-refractivity contribution >= 4 is 29.3 Å². The van der Waals surface area contributed by atoms with Crippen LogP contribution in [-0.2, 0) is 6.18 Å². The number of nitrogens with two attached hydrogens (primary N) is 1. The van der Waals surface area contributed by atoms with Gasteiger partial charge in [0.05, 0.1) is 10.6 Å². The van der Waals surface area contributed by atoms with E-state index < -0.39 is 17.6 Å². The molecule has 0 saturated heterocycles. The second kappa shape index (κ2) is 5.95. The molecule has 3 nitrogen and oxygen atoms in total. The van der Waals surface area contributed by atoms with Crippen LogP contribution in [0.2, 0.25) is 5.02 Å². The molecule has 1 heterocycles. The number of hydrogen-bond donors (Lipinski definition) is 1. The average Bonchev–Trinajstić information content (AvgIpc) is 2.38. The molecule has 0 bridgehead atoms. The van der Waals surface area contributed by atoms with Crippen LogP contribution in [0.5, 0.6) is 0 Å². The molecular formula is C13H8ClF3N2OS. The summed E-state index contributed by atoms with van der Waals surface area (Å²) < 4.78 is 37.4. The van der Waals surface area contributed by atoms with Crippen molar-refractivity contribution in [1.82, 2.24) is 4.98 Å². The summed E-state index contributed by atoms with van der Waals surface area (Å²) in [6.07, 6.45) is -3.11. The van der Waals surface area contributed by atoms with Crippen LogP contribution in [0, 0.1) is 0 Å². The van der Waals surface area contributed by atoms with Crippen LogP contribution >= 0.6 is 23.4 Å². The number of benzene rings is 1. The van der Waals surface area contributed by atoms with Crippen molar-refractivity contribution in [3.05, 3.63) is 52.8 Å². The molecule has 2 rings (SSSR count). The SMILES string of the molecule is NC(=O)c1ncc(Cl)cc1Sc1ccc(C(F)(F)F)cc1. The molecule has 1 aromatic heterocycles. The van der Waals surface area contributed by atoms with Gasteiger partial charge < -0.3 is 5.73 Å². The van der Waals surface area contributed by atoms with Gasteiger partial charge in [0.2, 0.25) is 0 Å². The Morgan fingerprint density at radius 3 is 2.38 bits per heavy atom. The zero-order valence-corrected chi connectivity index (χ0v) is 11.9. The minimum atomic E-state index is -4.39. The molecule has 0 spiro atoms. The van der Waals surface area contributed by atoms with Crippen molar-refractivity contribution in [2.75, 3.05) is 0 Å². The van der Waals surface area contributed by atoms with E-state index in [0.29, 0.717) is 14.8 Å². The molecule has 0 fully saturated rings. The van der Waals surface area contributed by atoms with Crippen LogP contribution in [0.1, 0.15) is 16.1 Å². The summed E-state index contributed by atoms with van der Waals surface area (Å²) in [4.78, 5) is 16.0. The van der Waals surface area contributed by atoms with Gasteiger partial charge >= 0.3 is 6.18 Å². The quantitative estimate of drug-likeness (QED) is 0.924. The molecule has 0 aliphatic heterocycles. The number of aromatic nitrogens is 1. The fourth-order valence-electron chi connectivity index (χ4n) is 1.52. The topological polar surface area (TPSA) is 56.0 Å². The molecule has 0 aliphatic carbocycles. The first-order valence-electron chi connectivity index (χ1n) is 5.58. The van der Waals surface area contributed by atoms with E-state index in [-0.39, 0.29) is 5.69 Å². The third-order valence-electron chi connectivity index (χ3n) is 2.46. The molecule has 1 amide bonds. The Labute approximate surface area is 127 Å². The van der Waals surface area contributed by atoms with E-state index in [1.54, 1.807) is 0 Å². The van der Waals surface area contributed by atoms with Gasteiger partial charge in [0.1, 0.15) is 5.69 Å². The zero-order chi connectivity index (χ0) is 15.6. The maximum Gasteiger partial charge on any atom is 0.416 e. The fourth-order valence-corrected chi connectivity index (χ4v) is 2.71. The first-order valence-corrected chi connectivity index (χ1v) is 6.77. The Bertz CT molecular complexity index is 674. The van der Waals surface area contributed by atoms with Crippen molar-refractivity contribution in [3.63, 3.8) is 0 Å². The molecular weight excluding hydrogens is 325 g/mol. The van der Waals surface area contributed by atoms with Gasteiger partial charge in [-0.3, -0.25) is 4.79 Å². The summed E-state index contributed by atoms with van der Waals surface area (Å²) in [5, 5.41) is 0.300. The van der Waals surface area contributed by atoms with Gasteiger partial charge in [0.25, 0.3) is 5.91 Å². The normalized spacial score (nSPS) is 11.4. The second-order valence-corrected chi connectivity index (χ2v) is 5.54. The van der Waals surface area contributed by atoms with Gasteiger partial charge in [-0.05, 0) is 30.3 Å². The summed E-state index contributed by atoms with van der Waals surface area (Å²) >= 11 is 6.86. The maximum atomic E-state index is 12.5. The smallest absolute Gasteiger partial charge is 0.364 e. The number of amides is 1. The second-order valence-electron chi connectivity index (χ2n) is 3.99. The lowest BCUT2D eigenvalue weighted by Gasteiger charge is -2.09. The highest BCUT2D eigenvalue weighted by molar-refractivity contribution is 7.99. The van der Waals surface area contributed by atoms with Gasteiger partial charge in [0.15, 0.2) is 0 Å². The number of alkyl halides is 3. The highest BCUT2D eigenvalue weighted by Gasteiger charge is 2.30. The van der Waals surface area contributed by atoms with E-state index >= 15 is 0 Å². The Kier molecular flexibility index (Phi) is 4.43. The molecule has 0 unspecified atom stereocenters. The van der Waals surface area contributed by atoms with Crippen molar-refractivity contribution in [2.24, 2.45) is 5.73 Å². The number of nitrogens with zero attached hydrogens (tertiary/aromatic N) is 1. The van der Waals surface area contributed by atoms with Crippen molar-refractivity contribution < 1.29 is 18.0 Å². The van der Waals surface area contributed by atoms with Crippen LogP contribution in [-0.4, -0.2) is 10.9 Å². The summed E-state index contributed by atoms with van der Waals surface area (Å²) in [5.74, 6) is -0.735. The molecule has 2 N–H and O–H groups in total. The third-order valence-corrected chi connectivity index (χ3v) is 3.71. The molecule has 1 aromatic carbocycles. The number of halogens is 4. The van der Waals surface area contributed by atoms with E-state index in [9.17, 15) is 18.0 Å². The van der Waals surface area contributed by atoms with E-state index in [4.69, 9.17) is 17.3 Å². The Balaban J connectivity index is 2.30. The van der Waals surface area contributed by atoms with Gasteiger partial charge in [-0.2, -0.15) is 13.2 Å². The molecule has 0 aliphatic rings.